The van der Waals surface area contributed by atoms with Crippen molar-refractivity contribution in [1.29, 1.82) is 0 Å². The molecule has 1 aliphatic rings. The van der Waals surface area contributed by atoms with Crippen LogP contribution in [0.1, 0.15) is 18.0 Å². The van der Waals surface area contributed by atoms with E-state index in [0.717, 1.165) is 25.2 Å². The number of nitrogens with two attached hydrogens (primary N) is 1. The van der Waals surface area contributed by atoms with Crippen LogP contribution < -0.4 is 5.73 Å². The van der Waals surface area contributed by atoms with Crippen LogP contribution in [0.15, 0.2) is 6.07 Å². The molecule has 0 aliphatic carbocycles. The quantitative estimate of drug-likeness (QED) is 0.877. The van der Waals surface area contributed by atoms with Crippen molar-refractivity contribution in [3.63, 3.8) is 0 Å². The highest BCUT2D eigenvalue weighted by Gasteiger charge is 2.26. The van der Waals surface area contributed by atoms with Gasteiger partial charge in [0.1, 0.15) is 0 Å². The molecule has 1 saturated heterocycles. The van der Waals surface area contributed by atoms with E-state index in [9.17, 15) is 0 Å². The second kappa shape index (κ2) is 4.37. The van der Waals surface area contributed by atoms with Crippen LogP contribution in [-0.4, -0.2) is 13.2 Å². The molecule has 1 aliphatic heterocycles. The van der Waals surface area contributed by atoms with Crippen LogP contribution in [0.4, 0.5) is 0 Å². The molecule has 14 heavy (non-hydrogen) atoms. The van der Waals surface area contributed by atoms with E-state index in [1.54, 1.807) is 0 Å². The van der Waals surface area contributed by atoms with Gasteiger partial charge in [0, 0.05) is 24.1 Å². The van der Waals surface area contributed by atoms with E-state index in [0.29, 0.717) is 14.6 Å². The average molecular weight is 252 g/mol. The minimum absolute atomic E-state index is 0.0475. The Bertz CT molecular complexity index is 323. The third-order valence-electron chi connectivity index (χ3n) is 2.51. The zero-order valence-electron chi connectivity index (χ0n) is 7.50. The predicted octanol–water partition coefficient (Wildman–Crippen LogP) is 3.09. The average Bonchev–Trinajstić information content (AvgIpc) is 2.73. The second-order valence-electron chi connectivity index (χ2n) is 3.43. The van der Waals surface area contributed by atoms with Gasteiger partial charge in [-0.1, -0.05) is 23.2 Å². The number of halogens is 2. The summed E-state index contributed by atoms with van der Waals surface area (Å²) < 4.78 is 6.69. The maximum Gasteiger partial charge on any atom is 0.0992 e. The molecule has 2 unspecified atom stereocenters. The van der Waals surface area contributed by atoms with Gasteiger partial charge < -0.3 is 10.5 Å². The van der Waals surface area contributed by atoms with Crippen molar-refractivity contribution < 1.29 is 4.74 Å². The van der Waals surface area contributed by atoms with Crippen molar-refractivity contribution in [3.8, 4) is 0 Å². The van der Waals surface area contributed by atoms with Gasteiger partial charge in [-0.25, -0.2) is 0 Å². The molecule has 0 bridgehead atoms. The highest BCUT2D eigenvalue weighted by molar-refractivity contribution is 7.20. The maximum absolute atomic E-state index is 6.10. The van der Waals surface area contributed by atoms with Crippen LogP contribution in [-0.2, 0) is 4.74 Å². The van der Waals surface area contributed by atoms with Crippen LogP contribution in [0.5, 0.6) is 0 Å². The van der Waals surface area contributed by atoms with Gasteiger partial charge in [0.25, 0.3) is 0 Å². The van der Waals surface area contributed by atoms with Crippen molar-refractivity contribution in [2.45, 2.75) is 12.5 Å². The predicted molar refractivity (Wildman–Crippen MR) is 60.2 cm³/mol. The molecule has 2 heterocycles. The molecular weight excluding hydrogens is 241 g/mol. The maximum atomic E-state index is 6.10. The highest BCUT2D eigenvalue weighted by atomic mass is 35.5. The van der Waals surface area contributed by atoms with Crippen LogP contribution in [0.2, 0.25) is 8.67 Å². The number of hydrogen-bond acceptors (Lipinski definition) is 3. The van der Waals surface area contributed by atoms with Gasteiger partial charge in [0.2, 0.25) is 0 Å². The summed E-state index contributed by atoms with van der Waals surface area (Å²) in [6.45, 7) is 1.53. The molecule has 2 rings (SSSR count). The van der Waals surface area contributed by atoms with E-state index >= 15 is 0 Å². The van der Waals surface area contributed by atoms with Crippen molar-refractivity contribution in [3.05, 3.63) is 20.3 Å². The Morgan fingerprint density at radius 1 is 1.57 bits per heavy atom. The Labute approximate surface area is 97.0 Å². The van der Waals surface area contributed by atoms with Gasteiger partial charge >= 0.3 is 0 Å². The fraction of sp³-hybridized carbons (Fsp3) is 0.556. The normalized spacial score (nSPS) is 24.1. The summed E-state index contributed by atoms with van der Waals surface area (Å²) in [4.78, 5) is 0. The molecule has 2 atom stereocenters. The number of ether oxygens (including phenoxy) is 1. The van der Waals surface area contributed by atoms with Crippen molar-refractivity contribution in [2.75, 3.05) is 13.2 Å². The first kappa shape index (κ1) is 10.7. The van der Waals surface area contributed by atoms with Gasteiger partial charge in [-0.15, -0.1) is 11.3 Å². The topological polar surface area (TPSA) is 35.2 Å². The molecule has 0 aromatic carbocycles. The molecule has 1 aromatic rings. The summed E-state index contributed by atoms with van der Waals surface area (Å²) in [7, 11) is 0. The zero-order valence-corrected chi connectivity index (χ0v) is 9.83. The standard InChI is InChI=1S/C9H11Cl2NOS/c10-7-3-6(9(11)14-7)8(12)5-1-2-13-4-5/h3,5,8H,1-2,4,12H2. The molecule has 2 nitrogen and oxygen atoms in total. The molecule has 1 fully saturated rings. The molecule has 78 valence electrons. The lowest BCUT2D eigenvalue weighted by Gasteiger charge is -2.16. The van der Waals surface area contributed by atoms with Crippen molar-refractivity contribution in [2.24, 2.45) is 11.7 Å². The smallest absolute Gasteiger partial charge is 0.0992 e. The first-order valence-electron chi connectivity index (χ1n) is 4.46. The fourth-order valence-corrected chi connectivity index (χ4v) is 3.24. The van der Waals surface area contributed by atoms with Crippen LogP contribution in [0.3, 0.4) is 0 Å². The summed E-state index contributed by atoms with van der Waals surface area (Å²) in [5.74, 6) is 0.373. The van der Waals surface area contributed by atoms with E-state index in [4.69, 9.17) is 33.7 Å². The monoisotopic (exact) mass is 251 g/mol. The third kappa shape index (κ3) is 2.07. The van der Waals surface area contributed by atoms with Crippen molar-refractivity contribution in [1.82, 2.24) is 0 Å². The Kier molecular flexibility index (Phi) is 3.34. The Balaban J connectivity index is 2.17. The van der Waals surface area contributed by atoms with Gasteiger partial charge in [0.05, 0.1) is 15.3 Å². The lowest BCUT2D eigenvalue weighted by atomic mass is 9.95. The zero-order chi connectivity index (χ0) is 10.1. The Morgan fingerprint density at radius 2 is 2.36 bits per heavy atom. The van der Waals surface area contributed by atoms with Crippen LogP contribution >= 0.6 is 34.5 Å². The van der Waals surface area contributed by atoms with Gasteiger partial charge in [0.15, 0.2) is 0 Å². The molecule has 0 spiro atoms. The molecule has 5 heteroatoms. The molecule has 0 saturated carbocycles. The fourth-order valence-electron chi connectivity index (χ4n) is 1.67. The Morgan fingerprint density at radius 3 is 2.86 bits per heavy atom. The van der Waals surface area contributed by atoms with Crippen LogP contribution in [0.25, 0.3) is 0 Å². The number of hydrogen-bond donors (Lipinski definition) is 1. The van der Waals surface area contributed by atoms with E-state index < -0.39 is 0 Å². The SMILES string of the molecule is NC(c1cc(Cl)sc1Cl)C1CCOC1. The molecule has 2 N–H and O–H groups in total. The molecule has 0 amide bonds. The van der Waals surface area contributed by atoms with Crippen molar-refractivity contribution >= 4 is 34.5 Å². The number of rotatable bonds is 2. The first-order chi connectivity index (χ1) is 6.68. The molecule has 1 aromatic heterocycles. The Hall–Kier alpha value is 0.200. The van der Waals surface area contributed by atoms with Gasteiger partial charge in [-0.3, -0.25) is 0 Å². The number of thiophene rings is 1. The lowest BCUT2D eigenvalue weighted by molar-refractivity contribution is 0.181. The summed E-state index contributed by atoms with van der Waals surface area (Å²) in [6, 6.07) is 1.81. The summed E-state index contributed by atoms with van der Waals surface area (Å²) in [5, 5.41) is 0. The molecular formula is C9H11Cl2NOS. The minimum Gasteiger partial charge on any atom is -0.381 e. The van der Waals surface area contributed by atoms with E-state index in [-0.39, 0.29) is 6.04 Å². The van der Waals surface area contributed by atoms with Gasteiger partial charge in [-0.2, -0.15) is 0 Å². The lowest BCUT2D eigenvalue weighted by Crippen LogP contribution is -2.21. The van der Waals surface area contributed by atoms with E-state index in [2.05, 4.69) is 0 Å². The highest BCUT2D eigenvalue weighted by Crippen LogP contribution is 2.38. The van der Waals surface area contributed by atoms with E-state index in [1.165, 1.54) is 11.3 Å². The third-order valence-corrected chi connectivity index (χ3v) is 4.03. The second-order valence-corrected chi connectivity index (χ2v) is 5.71. The summed E-state index contributed by atoms with van der Waals surface area (Å²) in [5.41, 5.74) is 7.05. The first-order valence-corrected chi connectivity index (χ1v) is 6.04. The summed E-state index contributed by atoms with van der Waals surface area (Å²) in [6.07, 6.45) is 1.00. The van der Waals surface area contributed by atoms with E-state index in [1.807, 2.05) is 6.07 Å². The minimum atomic E-state index is -0.0475. The summed E-state index contributed by atoms with van der Waals surface area (Å²) >= 11 is 13.3. The van der Waals surface area contributed by atoms with Gasteiger partial charge in [-0.05, 0) is 12.5 Å². The molecule has 0 radical (unpaired) electrons. The van der Waals surface area contributed by atoms with Crippen LogP contribution in [0, 0.1) is 5.92 Å². The largest absolute Gasteiger partial charge is 0.381 e.